The molecule has 1 aromatic rings. The van der Waals surface area contributed by atoms with E-state index in [1.54, 1.807) is 0 Å². The highest BCUT2D eigenvalue weighted by molar-refractivity contribution is 5.38. The number of hydrogen-bond acceptors (Lipinski definition) is 2. The third-order valence-electron chi connectivity index (χ3n) is 4.52. The van der Waals surface area contributed by atoms with E-state index in [1.807, 2.05) is 0 Å². The zero-order valence-corrected chi connectivity index (χ0v) is 11.9. The van der Waals surface area contributed by atoms with Crippen molar-refractivity contribution in [2.24, 2.45) is 5.73 Å². The van der Waals surface area contributed by atoms with E-state index in [0.29, 0.717) is 12.1 Å². The number of aryl methyl sites for hydroxylation is 1. The van der Waals surface area contributed by atoms with E-state index in [0.717, 1.165) is 6.54 Å². The molecule has 0 saturated heterocycles. The minimum atomic E-state index is 0.436. The van der Waals surface area contributed by atoms with Gasteiger partial charge in [-0.25, -0.2) is 0 Å². The first-order valence-corrected chi connectivity index (χ1v) is 7.12. The number of rotatable bonds is 3. The lowest BCUT2D eigenvalue weighted by Gasteiger charge is -2.27. The normalized spacial score (nSPS) is 24.2. The Labute approximate surface area is 111 Å². The van der Waals surface area contributed by atoms with Crippen molar-refractivity contribution in [1.29, 1.82) is 0 Å². The molecule has 0 heterocycles. The molecular formula is C16H26N2. The van der Waals surface area contributed by atoms with E-state index in [2.05, 4.69) is 38.2 Å². The molecule has 0 aliphatic heterocycles. The Kier molecular flexibility index (Phi) is 4.41. The summed E-state index contributed by atoms with van der Waals surface area (Å²) in [5.41, 5.74) is 11.6. The minimum Gasteiger partial charge on any atom is -0.328 e. The summed E-state index contributed by atoms with van der Waals surface area (Å²) in [6.07, 6.45) is 4.79. The van der Waals surface area contributed by atoms with Gasteiger partial charge in [-0.1, -0.05) is 12.1 Å². The van der Waals surface area contributed by atoms with Crippen molar-refractivity contribution in [3.05, 3.63) is 34.4 Å². The summed E-state index contributed by atoms with van der Waals surface area (Å²) in [6.45, 7) is 7.62. The Bertz CT molecular complexity index is 404. The molecule has 0 amide bonds. The average Bonchev–Trinajstić information content (AvgIpc) is 2.37. The molecule has 3 N–H and O–H groups in total. The average molecular weight is 246 g/mol. The highest BCUT2D eigenvalue weighted by Crippen LogP contribution is 2.20. The summed E-state index contributed by atoms with van der Waals surface area (Å²) < 4.78 is 0. The van der Waals surface area contributed by atoms with Gasteiger partial charge in [0.25, 0.3) is 0 Å². The van der Waals surface area contributed by atoms with Crippen molar-refractivity contribution in [3.63, 3.8) is 0 Å². The first-order valence-electron chi connectivity index (χ1n) is 7.12. The van der Waals surface area contributed by atoms with Crippen LogP contribution in [0.1, 0.15) is 47.9 Å². The van der Waals surface area contributed by atoms with Crippen molar-refractivity contribution in [2.45, 2.75) is 65.1 Å². The molecule has 1 fully saturated rings. The van der Waals surface area contributed by atoms with Gasteiger partial charge in [0, 0.05) is 18.6 Å². The van der Waals surface area contributed by atoms with Gasteiger partial charge in [-0.2, -0.15) is 0 Å². The van der Waals surface area contributed by atoms with Crippen LogP contribution in [0.3, 0.4) is 0 Å². The van der Waals surface area contributed by atoms with Crippen LogP contribution >= 0.6 is 0 Å². The van der Waals surface area contributed by atoms with Crippen molar-refractivity contribution >= 4 is 0 Å². The molecule has 1 aliphatic rings. The Morgan fingerprint density at radius 2 is 1.72 bits per heavy atom. The molecule has 0 atom stereocenters. The molecule has 0 radical (unpaired) electrons. The Morgan fingerprint density at radius 1 is 1.06 bits per heavy atom. The summed E-state index contributed by atoms with van der Waals surface area (Å²) in [4.78, 5) is 0. The van der Waals surface area contributed by atoms with Gasteiger partial charge in [-0.15, -0.1) is 0 Å². The molecule has 100 valence electrons. The fourth-order valence-corrected chi connectivity index (χ4v) is 2.78. The van der Waals surface area contributed by atoms with Crippen LogP contribution in [0.5, 0.6) is 0 Å². The second-order valence-corrected chi connectivity index (χ2v) is 5.78. The second-order valence-electron chi connectivity index (χ2n) is 5.78. The van der Waals surface area contributed by atoms with Gasteiger partial charge < -0.3 is 11.1 Å². The first-order chi connectivity index (χ1) is 8.58. The van der Waals surface area contributed by atoms with E-state index in [-0.39, 0.29) is 0 Å². The number of hydrogen-bond donors (Lipinski definition) is 2. The van der Waals surface area contributed by atoms with Crippen LogP contribution in [0.15, 0.2) is 12.1 Å². The van der Waals surface area contributed by atoms with Crippen LogP contribution in [0.4, 0.5) is 0 Å². The van der Waals surface area contributed by atoms with Gasteiger partial charge in [-0.3, -0.25) is 0 Å². The maximum atomic E-state index is 5.94. The van der Waals surface area contributed by atoms with E-state index in [1.165, 1.54) is 47.9 Å². The monoisotopic (exact) mass is 246 g/mol. The van der Waals surface area contributed by atoms with Crippen molar-refractivity contribution in [1.82, 2.24) is 5.32 Å². The maximum Gasteiger partial charge on any atom is 0.0210 e. The van der Waals surface area contributed by atoms with Crippen LogP contribution in [-0.2, 0) is 6.54 Å². The quantitative estimate of drug-likeness (QED) is 0.860. The van der Waals surface area contributed by atoms with Crippen LogP contribution in [0, 0.1) is 20.8 Å². The first kappa shape index (κ1) is 13.6. The molecule has 2 rings (SSSR count). The van der Waals surface area contributed by atoms with E-state index in [4.69, 9.17) is 5.73 Å². The molecule has 1 aliphatic carbocycles. The van der Waals surface area contributed by atoms with Gasteiger partial charge in [0.2, 0.25) is 0 Å². The summed E-state index contributed by atoms with van der Waals surface area (Å²) in [5, 5.41) is 3.69. The van der Waals surface area contributed by atoms with Crippen molar-refractivity contribution < 1.29 is 0 Å². The highest BCUT2D eigenvalue weighted by atomic mass is 14.9. The smallest absolute Gasteiger partial charge is 0.0210 e. The van der Waals surface area contributed by atoms with E-state index in [9.17, 15) is 0 Å². The number of benzene rings is 1. The zero-order valence-electron chi connectivity index (χ0n) is 11.9. The summed E-state index contributed by atoms with van der Waals surface area (Å²) in [5.74, 6) is 0. The Morgan fingerprint density at radius 3 is 2.39 bits per heavy atom. The Balaban J connectivity index is 1.92. The van der Waals surface area contributed by atoms with Gasteiger partial charge in [0.15, 0.2) is 0 Å². The molecule has 2 heteroatoms. The van der Waals surface area contributed by atoms with Crippen LogP contribution in [-0.4, -0.2) is 12.1 Å². The fraction of sp³-hybridized carbons (Fsp3) is 0.625. The molecule has 0 bridgehead atoms. The molecule has 1 saturated carbocycles. The molecule has 0 aromatic heterocycles. The lowest BCUT2D eigenvalue weighted by Crippen LogP contribution is -2.37. The topological polar surface area (TPSA) is 38.0 Å². The molecule has 18 heavy (non-hydrogen) atoms. The summed E-state index contributed by atoms with van der Waals surface area (Å²) in [6, 6.07) is 5.59. The maximum absolute atomic E-state index is 5.94. The van der Waals surface area contributed by atoms with Crippen LogP contribution in [0.25, 0.3) is 0 Å². The highest BCUT2D eigenvalue weighted by Gasteiger charge is 2.18. The predicted molar refractivity (Wildman–Crippen MR) is 77.7 cm³/mol. The zero-order chi connectivity index (χ0) is 13.1. The van der Waals surface area contributed by atoms with E-state index >= 15 is 0 Å². The third kappa shape index (κ3) is 3.12. The van der Waals surface area contributed by atoms with Gasteiger partial charge in [0.05, 0.1) is 0 Å². The number of nitrogens with one attached hydrogen (secondary N) is 1. The molecular weight excluding hydrogens is 220 g/mol. The van der Waals surface area contributed by atoms with Crippen LogP contribution in [0.2, 0.25) is 0 Å². The largest absolute Gasteiger partial charge is 0.328 e. The summed E-state index contributed by atoms with van der Waals surface area (Å²) >= 11 is 0. The summed E-state index contributed by atoms with van der Waals surface area (Å²) in [7, 11) is 0. The third-order valence-corrected chi connectivity index (χ3v) is 4.52. The van der Waals surface area contributed by atoms with Gasteiger partial charge in [-0.05, 0) is 68.7 Å². The molecule has 0 spiro atoms. The molecule has 0 unspecified atom stereocenters. The van der Waals surface area contributed by atoms with Gasteiger partial charge >= 0.3 is 0 Å². The Hall–Kier alpha value is -0.860. The van der Waals surface area contributed by atoms with Crippen LogP contribution < -0.4 is 11.1 Å². The second kappa shape index (κ2) is 5.85. The predicted octanol–water partition coefficient (Wildman–Crippen LogP) is 2.97. The van der Waals surface area contributed by atoms with Crippen molar-refractivity contribution in [3.8, 4) is 0 Å². The standard InChI is InChI=1S/C16H26N2/c1-11-4-5-14(13(3)12(11)2)10-18-16-8-6-15(17)7-9-16/h4-5,15-16,18H,6-10,17H2,1-3H3. The minimum absolute atomic E-state index is 0.436. The molecule has 2 nitrogen and oxygen atoms in total. The SMILES string of the molecule is Cc1ccc(CNC2CCC(N)CC2)c(C)c1C. The van der Waals surface area contributed by atoms with E-state index < -0.39 is 0 Å². The van der Waals surface area contributed by atoms with Gasteiger partial charge in [0.1, 0.15) is 0 Å². The van der Waals surface area contributed by atoms with Crippen molar-refractivity contribution in [2.75, 3.05) is 0 Å². The lowest BCUT2D eigenvalue weighted by atomic mass is 9.91. The number of nitrogens with two attached hydrogens (primary N) is 1. The lowest BCUT2D eigenvalue weighted by molar-refractivity contribution is 0.341. The fourth-order valence-electron chi connectivity index (χ4n) is 2.78. The molecule has 1 aromatic carbocycles.